The highest BCUT2D eigenvalue weighted by atomic mass is 35.5. The van der Waals surface area contributed by atoms with Crippen molar-refractivity contribution in [3.63, 3.8) is 0 Å². The minimum atomic E-state index is -0.179. The largest absolute Gasteiger partial charge is 0.318 e. The molecule has 2 rings (SSSR count). The van der Waals surface area contributed by atoms with E-state index in [-0.39, 0.29) is 6.04 Å². The van der Waals surface area contributed by atoms with E-state index in [0.717, 1.165) is 28.6 Å². The number of hydrogen-bond donors (Lipinski definition) is 1. The van der Waals surface area contributed by atoms with Gasteiger partial charge in [0.2, 0.25) is 0 Å². The highest BCUT2D eigenvalue weighted by molar-refractivity contribution is 7.10. The molecule has 0 saturated heterocycles. The lowest BCUT2D eigenvalue weighted by Crippen LogP contribution is -2.16. The first-order valence-corrected chi connectivity index (χ1v) is 6.50. The van der Waals surface area contributed by atoms with Gasteiger partial charge >= 0.3 is 0 Å². The Hall–Kier alpha value is -0.840. The molecule has 0 aliphatic rings. The molecular formula is C11H14ClN3S. The van der Waals surface area contributed by atoms with Crippen LogP contribution < -0.4 is 5.73 Å². The van der Waals surface area contributed by atoms with Gasteiger partial charge in [-0.05, 0) is 23.9 Å². The smallest absolute Gasteiger partial charge is 0.0831 e. The van der Waals surface area contributed by atoms with Crippen LogP contribution in [-0.2, 0) is 6.54 Å². The Labute approximate surface area is 104 Å². The van der Waals surface area contributed by atoms with Crippen LogP contribution in [0.25, 0.3) is 0 Å². The molecule has 86 valence electrons. The fourth-order valence-electron chi connectivity index (χ4n) is 1.67. The van der Waals surface area contributed by atoms with E-state index in [1.165, 1.54) is 0 Å². The monoisotopic (exact) mass is 255 g/mol. The highest BCUT2D eigenvalue weighted by Gasteiger charge is 2.17. The number of nitrogens with zero attached hydrogens (tertiary/aromatic N) is 2. The second-order valence-corrected chi connectivity index (χ2v) is 4.94. The lowest BCUT2D eigenvalue weighted by Gasteiger charge is -2.12. The van der Waals surface area contributed by atoms with Crippen molar-refractivity contribution in [2.75, 3.05) is 0 Å². The number of hydrogen-bond acceptors (Lipinski definition) is 3. The maximum absolute atomic E-state index is 6.20. The molecule has 0 aliphatic heterocycles. The summed E-state index contributed by atoms with van der Waals surface area (Å²) < 4.78 is 1.95. The Morgan fingerprint density at radius 3 is 3.00 bits per heavy atom. The van der Waals surface area contributed by atoms with Gasteiger partial charge in [-0.3, -0.25) is 4.68 Å². The van der Waals surface area contributed by atoms with Gasteiger partial charge < -0.3 is 5.73 Å². The van der Waals surface area contributed by atoms with Crippen LogP contribution in [0.3, 0.4) is 0 Å². The van der Waals surface area contributed by atoms with Crippen LogP contribution in [0, 0.1) is 0 Å². The van der Waals surface area contributed by atoms with Crippen LogP contribution in [0.4, 0.5) is 0 Å². The molecule has 5 heteroatoms. The van der Waals surface area contributed by atoms with Gasteiger partial charge in [0.1, 0.15) is 0 Å². The maximum atomic E-state index is 6.20. The van der Waals surface area contributed by atoms with Crippen LogP contribution in [0.5, 0.6) is 0 Å². The van der Waals surface area contributed by atoms with Crippen LogP contribution >= 0.6 is 22.9 Å². The molecular weight excluding hydrogens is 242 g/mol. The van der Waals surface area contributed by atoms with E-state index >= 15 is 0 Å². The van der Waals surface area contributed by atoms with Gasteiger partial charge in [0, 0.05) is 17.6 Å². The number of nitrogens with two attached hydrogens (primary N) is 1. The van der Waals surface area contributed by atoms with Gasteiger partial charge in [-0.1, -0.05) is 18.5 Å². The van der Waals surface area contributed by atoms with Gasteiger partial charge in [0.25, 0.3) is 0 Å². The molecule has 2 N–H and O–H groups in total. The second-order valence-electron chi connectivity index (χ2n) is 3.59. The van der Waals surface area contributed by atoms with Crippen LogP contribution in [0.15, 0.2) is 23.7 Å². The van der Waals surface area contributed by atoms with Crippen LogP contribution in [-0.4, -0.2) is 9.78 Å². The topological polar surface area (TPSA) is 43.8 Å². The molecule has 0 bridgehead atoms. The third-order valence-corrected chi connectivity index (χ3v) is 3.87. The zero-order valence-corrected chi connectivity index (χ0v) is 10.6. The van der Waals surface area contributed by atoms with E-state index in [4.69, 9.17) is 17.3 Å². The molecule has 0 amide bonds. The van der Waals surface area contributed by atoms with Crippen molar-refractivity contribution in [2.24, 2.45) is 5.73 Å². The molecule has 0 aliphatic carbocycles. The van der Waals surface area contributed by atoms with Crippen LogP contribution in [0.2, 0.25) is 5.02 Å². The van der Waals surface area contributed by atoms with Gasteiger partial charge in [0.15, 0.2) is 0 Å². The Morgan fingerprint density at radius 2 is 2.38 bits per heavy atom. The number of aromatic nitrogens is 2. The summed E-state index contributed by atoms with van der Waals surface area (Å²) >= 11 is 7.67. The normalized spacial score (nSPS) is 12.9. The molecule has 0 aromatic carbocycles. The maximum Gasteiger partial charge on any atom is 0.0831 e. The van der Waals surface area contributed by atoms with Crippen molar-refractivity contribution in [1.82, 2.24) is 9.78 Å². The standard InChI is InChI=1S/C11H14ClN3S/c1-2-6-15-9(3-5-14-15)10(13)11-8(12)4-7-16-11/h3-5,7,10H,2,6,13H2,1H3. The summed E-state index contributed by atoms with van der Waals surface area (Å²) in [6.45, 7) is 3.01. The van der Waals surface area contributed by atoms with Crippen molar-refractivity contribution >= 4 is 22.9 Å². The van der Waals surface area contributed by atoms with E-state index in [0.29, 0.717) is 0 Å². The molecule has 1 unspecified atom stereocenters. The van der Waals surface area contributed by atoms with Gasteiger partial charge in [-0.15, -0.1) is 11.3 Å². The van der Waals surface area contributed by atoms with Crippen LogP contribution in [0.1, 0.15) is 30.0 Å². The SMILES string of the molecule is CCCn1nccc1C(N)c1sccc1Cl. The predicted molar refractivity (Wildman–Crippen MR) is 67.9 cm³/mol. The molecule has 2 heterocycles. The van der Waals surface area contributed by atoms with Crippen molar-refractivity contribution in [1.29, 1.82) is 0 Å². The summed E-state index contributed by atoms with van der Waals surface area (Å²) in [6.07, 6.45) is 2.83. The lowest BCUT2D eigenvalue weighted by molar-refractivity contribution is 0.561. The molecule has 0 spiro atoms. The fraction of sp³-hybridized carbons (Fsp3) is 0.364. The fourth-order valence-corrected chi connectivity index (χ4v) is 2.85. The van der Waals surface area contributed by atoms with Crippen molar-refractivity contribution in [2.45, 2.75) is 25.9 Å². The van der Waals surface area contributed by atoms with E-state index in [1.807, 2.05) is 22.2 Å². The van der Waals surface area contributed by atoms with E-state index in [1.54, 1.807) is 17.5 Å². The zero-order valence-electron chi connectivity index (χ0n) is 9.06. The quantitative estimate of drug-likeness (QED) is 0.913. The molecule has 16 heavy (non-hydrogen) atoms. The van der Waals surface area contributed by atoms with Crippen molar-refractivity contribution < 1.29 is 0 Å². The first-order valence-electron chi connectivity index (χ1n) is 5.24. The molecule has 2 aromatic rings. The summed E-state index contributed by atoms with van der Waals surface area (Å²) in [6, 6.07) is 3.65. The summed E-state index contributed by atoms with van der Waals surface area (Å²) in [7, 11) is 0. The van der Waals surface area contributed by atoms with E-state index in [2.05, 4.69) is 12.0 Å². The molecule has 0 radical (unpaired) electrons. The summed E-state index contributed by atoms with van der Waals surface area (Å²) in [5.74, 6) is 0. The van der Waals surface area contributed by atoms with Gasteiger partial charge in [-0.25, -0.2) is 0 Å². The average Bonchev–Trinajstić information content (AvgIpc) is 2.87. The number of rotatable bonds is 4. The molecule has 1 atom stereocenters. The van der Waals surface area contributed by atoms with Gasteiger partial charge in [0.05, 0.1) is 16.8 Å². The molecule has 0 fully saturated rings. The number of aryl methyl sites for hydroxylation is 1. The van der Waals surface area contributed by atoms with E-state index < -0.39 is 0 Å². The van der Waals surface area contributed by atoms with Crippen molar-refractivity contribution in [3.8, 4) is 0 Å². The van der Waals surface area contributed by atoms with E-state index in [9.17, 15) is 0 Å². The molecule has 3 nitrogen and oxygen atoms in total. The zero-order chi connectivity index (χ0) is 11.5. The number of thiophene rings is 1. The Morgan fingerprint density at radius 1 is 1.56 bits per heavy atom. The lowest BCUT2D eigenvalue weighted by atomic mass is 10.2. The Kier molecular flexibility index (Phi) is 3.63. The predicted octanol–water partition coefficient (Wildman–Crippen LogP) is 3.06. The minimum absolute atomic E-state index is 0.179. The second kappa shape index (κ2) is 4.99. The first-order chi connectivity index (χ1) is 7.74. The Balaban J connectivity index is 2.30. The third kappa shape index (κ3) is 2.14. The minimum Gasteiger partial charge on any atom is -0.318 e. The Bertz CT molecular complexity index is 463. The molecule has 0 saturated carbocycles. The summed E-state index contributed by atoms with van der Waals surface area (Å²) in [5.41, 5.74) is 7.22. The summed E-state index contributed by atoms with van der Waals surface area (Å²) in [4.78, 5) is 1.000. The highest BCUT2D eigenvalue weighted by Crippen LogP contribution is 2.31. The third-order valence-electron chi connectivity index (χ3n) is 2.43. The van der Waals surface area contributed by atoms with Crippen molar-refractivity contribution in [3.05, 3.63) is 39.3 Å². The number of halogens is 1. The summed E-state index contributed by atoms with van der Waals surface area (Å²) in [5, 5.41) is 6.96. The molecule has 2 aromatic heterocycles. The first kappa shape index (κ1) is 11.6. The average molecular weight is 256 g/mol. The van der Waals surface area contributed by atoms with Gasteiger partial charge in [-0.2, -0.15) is 5.10 Å².